The predicted octanol–water partition coefficient (Wildman–Crippen LogP) is 1.49. The van der Waals surface area contributed by atoms with E-state index in [2.05, 4.69) is 20.3 Å². The van der Waals surface area contributed by atoms with E-state index in [0.717, 1.165) is 11.4 Å². The molecule has 0 atom stereocenters. The lowest BCUT2D eigenvalue weighted by Crippen LogP contribution is -2.08. The number of pyridine rings is 1. The largest absolute Gasteiger partial charge is 0.478 e. The molecule has 2 rings (SSSR count). The fourth-order valence-electron chi connectivity index (χ4n) is 1.42. The first-order valence-corrected chi connectivity index (χ1v) is 5.35. The maximum absolute atomic E-state index is 11.0. The van der Waals surface area contributed by atoms with Crippen molar-refractivity contribution in [3.8, 4) is 0 Å². The van der Waals surface area contributed by atoms with Crippen molar-refractivity contribution < 1.29 is 9.90 Å². The average Bonchev–Trinajstić information content (AvgIpc) is 2.38. The van der Waals surface area contributed by atoms with E-state index in [1.165, 1.54) is 12.4 Å². The van der Waals surface area contributed by atoms with Crippen molar-refractivity contribution in [1.82, 2.24) is 15.0 Å². The van der Waals surface area contributed by atoms with Crippen LogP contribution < -0.4 is 5.32 Å². The molecule has 0 saturated carbocycles. The third-order valence-electron chi connectivity index (χ3n) is 2.35. The van der Waals surface area contributed by atoms with Crippen molar-refractivity contribution in [2.24, 2.45) is 0 Å². The maximum atomic E-state index is 11.0. The fourth-order valence-corrected chi connectivity index (χ4v) is 1.42. The van der Waals surface area contributed by atoms with E-state index in [1.54, 1.807) is 18.5 Å². The van der Waals surface area contributed by atoms with Crippen molar-refractivity contribution in [1.29, 1.82) is 0 Å². The molecule has 2 aromatic heterocycles. The normalized spacial score (nSPS) is 10.1. The molecule has 0 aromatic carbocycles. The lowest BCUT2D eigenvalue weighted by Gasteiger charge is -2.08. The molecule has 0 bridgehead atoms. The van der Waals surface area contributed by atoms with Gasteiger partial charge in [-0.2, -0.15) is 0 Å². The SMILES string of the molecule is Cc1cnc(CNc2ccncc2C(=O)O)cn1. The van der Waals surface area contributed by atoms with E-state index in [1.807, 2.05) is 6.92 Å². The standard InChI is InChI=1S/C12H12N4O2/c1-8-4-15-9(5-14-8)6-16-11-2-3-13-7-10(11)12(17)18/h2-5,7H,6H2,1H3,(H,13,16)(H,17,18). The fraction of sp³-hybridized carbons (Fsp3) is 0.167. The molecule has 18 heavy (non-hydrogen) atoms. The van der Waals surface area contributed by atoms with Gasteiger partial charge in [0.2, 0.25) is 0 Å². The Morgan fingerprint density at radius 3 is 2.83 bits per heavy atom. The predicted molar refractivity (Wildman–Crippen MR) is 65.3 cm³/mol. The summed E-state index contributed by atoms with van der Waals surface area (Å²) in [6.45, 7) is 2.27. The molecule has 2 aromatic rings. The Hall–Kier alpha value is -2.50. The second-order valence-electron chi connectivity index (χ2n) is 3.73. The number of hydrogen-bond acceptors (Lipinski definition) is 5. The number of nitrogens with one attached hydrogen (secondary N) is 1. The Bertz CT molecular complexity index is 554. The molecule has 0 spiro atoms. The quantitative estimate of drug-likeness (QED) is 0.847. The molecule has 2 N–H and O–H groups in total. The van der Waals surface area contributed by atoms with Crippen molar-refractivity contribution in [2.45, 2.75) is 13.5 Å². The molecule has 0 fully saturated rings. The first-order chi connectivity index (χ1) is 8.66. The van der Waals surface area contributed by atoms with Crippen LogP contribution in [0, 0.1) is 6.92 Å². The highest BCUT2D eigenvalue weighted by molar-refractivity contribution is 5.93. The third kappa shape index (κ3) is 2.79. The number of rotatable bonds is 4. The summed E-state index contributed by atoms with van der Waals surface area (Å²) >= 11 is 0. The third-order valence-corrected chi connectivity index (χ3v) is 2.35. The Morgan fingerprint density at radius 2 is 2.17 bits per heavy atom. The molecular formula is C12H12N4O2. The summed E-state index contributed by atoms with van der Waals surface area (Å²) in [5.41, 5.74) is 2.24. The van der Waals surface area contributed by atoms with Crippen LogP contribution in [0.2, 0.25) is 0 Å². The molecule has 0 aliphatic carbocycles. The van der Waals surface area contributed by atoms with E-state index < -0.39 is 5.97 Å². The number of carbonyl (C=O) groups is 1. The zero-order valence-electron chi connectivity index (χ0n) is 9.79. The van der Waals surface area contributed by atoms with Gasteiger partial charge < -0.3 is 10.4 Å². The number of carboxylic acids is 1. The molecule has 0 amide bonds. The van der Waals surface area contributed by atoms with Crippen molar-refractivity contribution in [3.05, 3.63) is 47.8 Å². The van der Waals surface area contributed by atoms with Crippen LogP contribution >= 0.6 is 0 Å². The minimum atomic E-state index is -1.01. The second-order valence-corrected chi connectivity index (χ2v) is 3.73. The zero-order chi connectivity index (χ0) is 13.0. The first-order valence-electron chi connectivity index (χ1n) is 5.35. The summed E-state index contributed by atoms with van der Waals surface area (Å²) in [7, 11) is 0. The van der Waals surface area contributed by atoms with Crippen LogP contribution in [0.4, 0.5) is 5.69 Å². The minimum Gasteiger partial charge on any atom is -0.478 e. The maximum Gasteiger partial charge on any atom is 0.339 e. The highest BCUT2D eigenvalue weighted by Gasteiger charge is 2.09. The number of carboxylic acid groups (broad SMARTS) is 1. The number of hydrogen-bond donors (Lipinski definition) is 2. The van der Waals surface area contributed by atoms with Crippen LogP contribution in [0.1, 0.15) is 21.7 Å². The molecule has 6 heteroatoms. The Balaban J connectivity index is 2.10. The van der Waals surface area contributed by atoms with Gasteiger partial charge in [0.1, 0.15) is 5.56 Å². The van der Waals surface area contributed by atoms with Crippen molar-refractivity contribution >= 4 is 11.7 Å². The smallest absolute Gasteiger partial charge is 0.339 e. The Labute approximate surface area is 104 Å². The van der Waals surface area contributed by atoms with Gasteiger partial charge in [-0.05, 0) is 13.0 Å². The van der Waals surface area contributed by atoms with Gasteiger partial charge in [-0.1, -0.05) is 0 Å². The van der Waals surface area contributed by atoms with E-state index in [-0.39, 0.29) is 5.56 Å². The number of anilines is 1. The van der Waals surface area contributed by atoms with Crippen LogP contribution in [0.3, 0.4) is 0 Å². The summed E-state index contributed by atoms with van der Waals surface area (Å²) in [5.74, 6) is -1.01. The summed E-state index contributed by atoms with van der Waals surface area (Å²) in [4.78, 5) is 23.1. The van der Waals surface area contributed by atoms with Gasteiger partial charge >= 0.3 is 5.97 Å². The van der Waals surface area contributed by atoms with Gasteiger partial charge in [-0.3, -0.25) is 15.0 Å². The van der Waals surface area contributed by atoms with E-state index >= 15 is 0 Å². The highest BCUT2D eigenvalue weighted by Crippen LogP contribution is 2.14. The Morgan fingerprint density at radius 1 is 1.33 bits per heavy atom. The lowest BCUT2D eigenvalue weighted by atomic mass is 10.2. The minimum absolute atomic E-state index is 0.137. The van der Waals surface area contributed by atoms with Gasteiger partial charge in [0, 0.05) is 18.6 Å². The first kappa shape index (κ1) is 12.0. The lowest BCUT2D eigenvalue weighted by molar-refractivity contribution is 0.0697. The van der Waals surface area contributed by atoms with Crippen LogP contribution in [-0.2, 0) is 6.54 Å². The summed E-state index contributed by atoms with van der Waals surface area (Å²) in [6, 6.07) is 1.62. The van der Waals surface area contributed by atoms with Gasteiger partial charge in [0.15, 0.2) is 0 Å². The van der Waals surface area contributed by atoms with Crippen LogP contribution in [0.15, 0.2) is 30.9 Å². The van der Waals surface area contributed by atoms with Crippen LogP contribution in [0.5, 0.6) is 0 Å². The molecule has 0 radical (unpaired) electrons. The second kappa shape index (κ2) is 5.22. The molecule has 92 valence electrons. The molecule has 0 aliphatic rings. The van der Waals surface area contributed by atoms with E-state index in [4.69, 9.17) is 5.11 Å². The summed E-state index contributed by atoms with van der Waals surface area (Å²) < 4.78 is 0. The monoisotopic (exact) mass is 244 g/mol. The van der Waals surface area contributed by atoms with Gasteiger partial charge in [-0.25, -0.2) is 4.79 Å². The number of aryl methyl sites for hydroxylation is 1. The van der Waals surface area contributed by atoms with Gasteiger partial charge in [0.25, 0.3) is 0 Å². The zero-order valence-corrected chi connectivity index (χ0v) is 9.79. The van der Waals surface area contributed by atoms with E-state index in [9.17, 15) is 4.79 Å². The van der Waals surface area contributed by atoms with Crippen LogP contribution in [-0.4, -0.2) is 26.0 Å². The topological polar surface area (TPSA) is 88.0 Å². The number of aromatic nitrogens is 3. The summed E-state index contributed by atoms with van der Waals surface area (Å²) in [5, 5.41) is 12.0. The molecule has 0 saturated heterocycles. The number of nitrogens with zero attached hydrogens (tertiary/aromatic N) is 3. The summed E-state index contributed by atoms with van der Waals surface area (Å²) in [6.07, 6.45) is 6.17. The molecule has 0 aliphatic heterocycles. The Kier molecular flexibility index (Phi) is 3.47. The average molecular weight is 244 g/mol. The van der Waals surface area contributed by atoms with Crippen molar-refractivity contribution in [2.75, 3.05) is 5.32 Å². The molecule has 2 heterocycles. The van der Waals surface area contributed by atoms with Crippen molar-refractivity contribution in [3.63, 3.8) is 0 Å². The molecular weight excluding hydrogens is 232 g/mol. The highest BCUT2D eigenvalue weighted by atomic mass is 16.4. The number of aromatic carboxylic acids is 1. The molecule has 6 nitrogen and oxygen atoms in total. The van der Waals surface area contributed by atoms with Gasteiger partial charge in [0.05, 0.1) is 29.8 Å². The molecule has 0 unspecified atom stereocenters. The van der Waals surface area contributed by atoms with E-state index in [0.29, 0.717) is 12.2 Å². The van der Waals surface area contributed by atoms with Crippen LogP contribution in [0.25, 0.3) is 0 Å². The van der Waals surface area contributed by atoms with Gasteiger partial charge in [-0.15, -0.1) is 0 Å².